The maximum atomic E-state index is 13.4. The van der Waals surface area contributed by atoms with Crippen molar-refractivity contribution in [3.05, 3.63) is 71.1 Å². The zero-order valence-electron chi connectivity index (χ0n) is 14.5. The topological polar surface area (TPSA) is 46.5 Å². The van der Waals surface area contributed by atoms with Crippen LogP contribution < -0.4 is 0 Å². The van der Waals surface area contributed by atoms with E-state index in [1.54, 1.807) is 19.1 Å². The Hall–Kier alpha value is -2.36. The van der Waals surface area contributed by atoms with Gasteiger partial charge in [-0.25, -0.2) is 9.18 Å². The van der Waals surface area contributed by atoms with Gasteiger partial charge in [0.2, 0.25) is 0 Å². The van der Waals surface area contributed by atoms with Crippen molar-refractivity contribution in [2.75, 3.05) is 6.61 Å². The number of aliphatic carboxylic acids is 1. The number of ether oxygens (including phenoxy) is 1. The zero-order valence-corrected chi connectivity index (χ0v) is 14.5. The summed E-state index contributed by atoms with van der Waals surface area (Å²) in [5.74, 6) is -0.400. The molecule has 1 N–H and O–H groups in total. The van der Waals surface area contributed by atoms with Crippen molar-refractivity contribution in [3.8, 4) is 0 Å². The van der Waals surface area contributed by atoms with Crippen LogP contribution in [0.4, 0.5) is 4.39 Å². The number of hydrogen-bond donors (Lipinski definition) is 1. The summed E-state index contributed by atoms with van der Waals surface area (Å²) in [6.07, 6.45) is 10.2. The van der Waals surface area contributed by atoms with Gasteiger partial charge in [-0.05, 0) is 43.1 Å². The molecule has 0 aromatic rings. The van der Waals surface area contributed by atoms with Gasteiger partial charge in [-0.15, -0.1) is 0 Å². The Morgan fingerprint density at radius 1 is 1.42 bits per heavy atom. The molecule has 24 heavy (non-hydrogen) atoms. The van der Waals surface area contributed by atoms with Crippen LogP contribution in [0, 0.1) is 0 Å². The van der Waals surface area contributed by atoms with Crippen molar-refractivity contribution < 1.29 is 19.0 Å². The molecule has 1 aliphatic carbocycles. The van der Waals surface area contributed by atoms with Crippen molar-refractivity contribution in [2.45, 2.75) is 39.8 Å². The summed E-state index contributed by atoms with van der Waals surface area (Å²) in [4.78, 5) is 11.2. The molecule has 1 atom stereocenters. The van der Waals surface area contributed by atoms with E-state index in [-0.39, 0.29) is 5.57 Å². The van der Waals surface area contributed by atoms with Gasteiger partial charge in [0.25, 0.3) is 0 Å². The van der Waals surface area contributed by atoms with E-state index < -0.39 is 12.1 Å². The average Bonchev–Trinajstić information content (AvgIpc) is 2.79. The molecule has 0 radical (unpaired) electrons. The first-order valence-electron chi connectivity index (χ1n) is 8.17. The van der Waals surface area contributed by atoms with Gasteiger partial charge in [-0.3, -0.25) is 0 Å². The predicted molar refractivity (Wildman–Crippen MR) is 95.4 cm³/mol. The normalized spacial score (nSPS) is 20.8. The van der Waals surface area contributed by atoms with Crippen molar-refractivity contribution in [2.24, 2.45) is 0 Å². The minimum absolute atomic E-state index is 0.0901. The fourth-order valence-electron chi connectivity index (χ4n) is 2.41. The lowest BCUT2D eigenvalue weighted by Gasteiger charge is -2.20. The molecule has 0 saturated carbocycles. The summed E-state index contributed by atoms with van der Waals surface area (Å²) >= 11 is 0. The van der Waals surface area contributed by atoms with Crippen LogP contribution in [0.1, 0.15) is 33.6 Å². The second-order valence-electron chi connectivity index (χ2n) is 5.12. The molecule has 4 heteroatoms. The first-order chi connectivity index (χ1) is 11.5. The molecule has 2 rings (SSSR count). The van der Waals surface area contributed by atoms with Crippen molar-refractivity contribution >= 4 is 5.97 Å². The summed E-state index contributed by atoms with van der Waals surface area (Å²) in [5.41, 5.74) is 2.54. The molecule has 130 valence electrons. The van der Waals surface area contributed by atoms with E-state index in [1.165, 1.54) is 12.2 Å². The molecular weight excluding hydrogens is 307 g/mol. The smallest absolute Gasteiger partial charge is 0.335 e. The number of rotatable bonds is 4. The highest BCUT2D eigenvalue weighted by atomic mass is 19.1. The van der Waals surface area contributed by atoms with E-state index in [2.05, 4.69) is 6.58 Å². The molecule has 0 saturated heterocycles. The summed E-state index contributed by atoms with van der Waals surface area (Å²) in [5, 5.41) is 9.17. The minimum Gasteiger partial charge on any atom is -0.493 e. The molecule has 0 bridgehead atoms. The van der Waals surface area contributed by atoms with E-state index in [4.69, 9.17) is 9.84 Å². The monoisotopic (exact) mass is 332 g/mol. The molecule has 0 aromatic carbocycles. The average molecular weight is 332 g/mol. The van der Waals surface area contributed by atoms with Crippen LogP contribution in [-0.2, 0) is 9.53 Å². The largest absolute Gasteiger partial charge is 0.493 e. The van der Waals surface area contributed by atoms with Gasteiger partial charge < -0.3 is 9.84 Å². The number of halogens is 1. The van der Waals surface area contributed by atoms with Crippen LogP contribution in [0.5, 0.6) is 0 Å². The molecular formula is C20H25FO3. The maximum absolute atomic E-state index is 13.4. The molecule has 1 heterocycles. The first kappa shape index (κ1) is 19.7. The van der Waals surface area contributed by atoms with Crippen molar-refractivity contribution in [1.29, 1.82) is 0 Å². The minimum atomic E-state index is -1.05. The maximum Gasteiger partial charge on any atom is 0.335 e. The summed E-state index contributed by atoms with van der Waals surface area (Å²) < 4.78 is 18.9. The van der Waals surface area contributed by atoms with E-state index in [9.17, 15) is 9.18 Å². The zero-order chi connectivity index (χ0) is 18.1. The van der Waals surface area contributed by atoms with Crippen LogP contribution >= 0.6 is 0 Å². The Morgan fingerprint density at radius 3 is 2.75 bits per heavy atom. The summed E-state index contributed by atoms with van der Waals surface area (Å²) in [6.45, 7) is 9.73. The SMILES string of the molecule is C=C/C(=C\C1=C(C)OCC=C1C1=CCCC(F)C=C1)C(=O)O.CC. The molecule has 0 spiro atoms. The number of carboxylic acid groups (broad SMARTS) is 1. The fourth-order valence-corrected chi connectivity index (χ4v) is 2.41. The van der Waals surface area contributed by atoms with E-state index >= 15 is 0 Å². The van der Waals surface area contributed by atoms with Gasteiger partial charge >= 0.3 is 5.97 Å². The van der Waals surface area contributed by atoms with Gasteiger partial charge in [0.15, 0.2) is 0 Å². The number of hydrogen-bond acceptors (Lipinski definition) is 2. The van der Waals surface area contributed by atoms with Gasteiger partial charge in [0, 0.05) is 5.57 Å². The first-order valence-corrected chi connectivity index (χ1v) is 8.17. The van der Waals surface area contributed by atoms with Crippen LogP contribution in [0.3, 0.4) is 0 Å². The van der Waals surface area contributed by atoms with E-state index in [0.29, 0.717) is 30.8 Å². The third-order valence-corrected chi connectivity index (χ3v) is 3.63. The number of carbonyl (C=O) groups is 1. The Morgan fingerprint density at radius 2 is 2.12 bits per heavy atom. The van der Waals surface area contributed by atoms with Crippen LogP contribution in [0.15, 0.2) is 71.1 Å². The van der Waals surface area contributed by atoms with Crippen LogP contribution in [-0.4, -0.2) is 23.9 Å². The standard InChI is InChI=1S/C18H19FO3.C2H6/c1-3-13(18(20)21)11-17-12(2)22-10-9-16(17)14-5-4-6-15(19)8-7-14;1-2/h3,5,7-9,11,15H,1,4,6,10H2,2H3,(H,20,21);1-2H3/b13-11+;. The lowest BCUT2D eigenvalue weighted by Crippen LogP contribution is -2.07. The molecule has 3 nitrogen and oxygen atoms in total. The van der Waals surface area contributed by atoms with Crippen LogP contribution in [0.25, 0.3) is 0 Å². The van der Waals surface area contributed by atoms with E-state index in [1.807, 2.05) is 26.0 Å². The quantitative estimate of drug-likeness (QED) is 0.578. The number of carboxylic acids is 1. The third-order valence-electron chi connectivity index (χ3n) is 3.63. The van der Waals surface area contributed by atoms with Gasteiger partial charge in [0.05, 0.1) is 5.57 Å². The lowest BCUT2D eigenvalue weighted by atomic mass is 9.92. The number of allylic oxidation sites excluding steroid dienone is 8. The third kappa shape index (κ3) is 5.08. The Balaban J connectivity index is 0.00000139. The molecule has 1 aliphatic heterocycles. The van der Waals surface area contributed by atoms with Gasteiger partial charge in [-0.1, -0.05) is 44.7 Å². The van der Waals surface area contributed by atoms with Crippen LogP contribution in [0.2, 0.25) is 0 Å². The lowest BCUT2D eigenvalue weighted by molar-refractivity contribution is -0.132. The highest BCUT2D eigenvalue weighted by molar-refractivity contribution is 5.90. The molecule has 0 fully saturated rings. The van der Waals surface area contributed by atoms with Gasteiger partial charge in [-0.2, -0.15) is 0 Å². The van der Waals surface area contributed by atoms with Crippen molar-refractivity contribution in [1.82, 2.24) is 0 Å². The molecule has 1 unspecified atom stereocenters. The molecule has 0 amide bonds. The highest BCUT2D eigenvalue weighted by Gasteiger charge is 2.18. The number of alkyl halides is 1. The molecule has 2 aliphatic rings. The fraction of sp³-hybridized carbons (Fsp3) is 0.350. The Labute approximate surface area is 143 Å². The van der Waals surface area contributed by atoms with Crippen molar-refractivity contribution in [3.63, 3.8) is 0 Å². The van der Waals surface area contributed by atoms with Gasteiger partial charge in [0.1, 0.15) is 18.5 Å². The summed E-state index contributed by atoms with van der Waals surface area (Å²) in [7, 11) is 0. The Kier molecular flexibility index (Phi) is 7.96. The predicted octanol–water partition coefficient (Wildman–Crippen LogP) is 5.05. The highest BCUT2D eigenvalue weighted by Crippen LogP contribution is 2.31. The Bertz CT molecular complexity index is 633. The second kappa shape index (κ2) is 9.71. The van der Waals surface area contributed by atoms with E-state index in [0.717, 1.165) is 11.1 Å². The molecule has 0 aromatic heterocycles. The summed E-state index contributed by atoms with van der Waals surface area (Å²) in [6, 6.07) is 0. The second-order valence-corrected chi connectivity index (χ2v) is 5.12.